The maximum absolute atomic E-state index is 12.1. The number of nitrogens with one attached hydrogen (secondary N) is 2. The Labute approximate surface area is 120 Å². The molecule has 6 heteroatoms. The van der Waals surface area contributed by atoms with Gasteiger partial charge in [0.15, 0.2) is 0 Å². The minimum absolute atomic E-state index is 0.0676. The number of hydrogen-bond acceptors (Lipinski definition) is 3. The van der Waals surface area contributed by atoms with Crippen LogP contribution in [0.5, 0.6) is 0 Å². The number of sulfonamides is 1. The summed E-state index contributed by atoms with van der Waals surface area (Å²) in [5, 5.41) is 7.51. The first-order valence-electron chi connectivity index (χ1n) is 6.86. The first-order valence-corrected chi connectivity index (χ1v) is 8.51. The van der Waals surface area contributed by atoms with Gasteiger partial charge in [-0.2, -0.15) is 0 Å². The highest BCUT2D eigenvalue weighted by molar-refractivity contribution is 7.89. The smallest absolute Gasteiger partial charge is 0.212 e. The number of nitrogens with two attached hydrogens (primary N) is 1. The van der Waals surface area contributed by atoms with Gasteiger partial charge in [-0.25, -0.2) is 13.1 Å². The van der Waals surface area contributed by atoms with Crippen LogP contribution in [0.3, 0.4) is 0 Å². The van der Waals surface area contributed by atoms with Crippen molar-refractivity contribution in [3.8, 4) is 0 Å². The molecule has 1 aliphatic carbocycles. The van der Waals surface area contributed by atoms with Crippen LogP contribution in [0.25, 0.3) is 0 Å². The molecule has 0 aliphatic heterocycles. The predicted molar refractivity (Wildman–Crippen MR) is 80.1 cm³/mol. The Bertz CT molecular complexity index is 557. The Balaban J connectivity index is 1.92. The number of hydrogen-bond donors (Lipinski definition) is 3. The zero-order chi connectivity index (χ0) is 14.6. The average Bonchev–Trinajstić information content (AvgIpc) is 2.85. The quantitative estimate of drug-likeness (QED) is 0.544. The predicted octanol–water partition coefficient (Wildman–Crippen LogP) is 1.25. The molecule has 2 atom stereocenters. The Morgan fingerprint density at radius 3 is 2.65 bits per heavy atom. The summed E-state index contributed by atoms with van der Waals surface area (Å²) in [6.45, 7) is 0. The van der Waals surface area contributed by atoms with Gasteiger partial charge in [-0.1, -0.05) is 36.8 Å². The van der Waals surface area contributed by atoms with Gasteiger partial charge in [0, 0.05) is 12.0 Å². The fraction of sp³-hybridized carbons (Fsp3) is 0.500. The monoisotopic (exact) mass is 295 g/mol. The van der Waals surface area contributed by atoms with Gasteiger partial charge in [0.1, 0.15) is 0 Å². The van der Waals surface area contributed by atoms with E-state index in [1.165, 1.54) is 0 Å². The molecule has 0 radical (unpaired) electrons. The Morgan fingerprint density at radius 2 is 2.00 bits per heavy atom. The molecular formula is C14H21N3O2S. The molecule has 0 aromatic heterocycles. The lowest BCUT2D eigenvalue weighted by Gasteiger charge is -2.19. The molecule has 5 nitrogen and oxygen atoms in total. The standard InChI is InChI=1S/C14H21N3O2S/c15-14(16)12-7-4-8-13(12)17-20(18,19)10-9-11-5-2-1-3-6-11/h1-3,5-6,12-13,17H,4,7-10H2,(H3,15,16). The third-order valence-electron chi connectivity index (χ3n) is 3.75. The maximum atomic E-state index is 12.1. The summed E-state index contributed by atoms with van der Waals surface area (Å²) < 4.78 is 26.9. The van der Waals surface area contributed by atoms with Crippen LogP contribution in [-0.4, -0.2) is 26.0 Å². The van der Waals surface area contributed by atoms with Gasteiger partial charge in [-0.05, 0) is 24.8 Å². The summed E-state index contributed by atoms with van der Waals surface area (Å²) in [5.41, 5.74) is 6.53. The van der Waals surface area contributed by atoms with E-state index in [1.54, 1.807) is 0 Å². The van der Waals surface area contributed by atoms with E-state index in [0.29, 0.717) is 6.42 Å². The van der Waals surface area contributed by atoms with Crippen molar-refractivity contribution < 1.29 is 8.42 Å². The Morgan fingerprint density at radius 1 is 1.30 bits per heavy atom. The van der Waals surface area contributed by atoms with Crippen LogP contribution in [0, 0.1) is 11.3 Å². The molecule has 0 amide bonds. The SMILES string of the molecule is N=C(N)C1CCCC1NS(=O)(=O)CCc1ccccc1. The molecule has 2 rings (SSSR count). The molecule has 0 heterocycles. The lowest BCUT2D eigenvalue weighted by molar-refractivity contribution is 0.521. The molecule has 1 fully saturated rings. The zero-order valence-electron chi connectivity index (χ0n) is 11.4. The van der Waals surface area contributed by atoms with Crippen molar-refractivity contribution in [3.63, 3.8) is 0 Å². The van der Waals surface area contributed by atoms with Crippen molar-refractivity contribution in [2.24, 2.45) is 11.7 Å². The second-order valence-corrected chi connectivity index (χ2v) is 7.14. The van der Waals surface area contributed by atoms with E-state index in [9.17, 15) is 8.42 Å². The van der Waals surface area contributed by atoms with Crippen LogP contribution in [0.15, 0.2) is 30.3 Å². The normalized spacial score (nSPS) is 22.8. The Kier molecular flexibility index (Phi) is 4.77. The summed E-state index contributed by atoms with van der Waals surface area (Å²) in [7, 11) is -3.33. The van der Waals surface area contributed by atoms with Gasteiger partial charge >= 0.3 is 0 Å². The summed E-state index contributed by atoms with van der Waals surface area (Å²) in [6.07, 6.45) is 2.96. The molecule has 2 unspecified atom stereocenters. The van der Waals surface area contributed by atoms with Gasteiger partial charge in [-0.15, -0.1) is 0 Å². The van der Waals surface area contributed by atoms with Crippen LogP contribution >= 0.6 is 0 Å². The van der Waals surface area contributed by atoms with Crippen LogP contribution in [0.4, 0.5) is 0 Å². The van der Waals surface area contributed by atoms with Crippen LogP contribution in [0.1, 0.15) is 24.8 Å². The number of aryl methyl sites for hydroxylation is 1. The highest BCUT2D eigenvalue weighted by Crippen LogP contribution is 2.26. The molecule has 0 saturated heterocycles. The largest absolute Gasteiger partial charge is 0.387 e. The highest BCUT2D eigenvalue weighted by atomic mass is 32.2. The van der Waals surface area contributed by atoms with E-state index in [4.69, 9.17) is 11.1 Å². The van der Waals surface area contributed by atoms with Gasteiger partial charge < -0.3 is 5.73 Å². The van der Waals surface area contributed by atoms with Gasteiger partial charge in [0.2, 0.25) is 10.0 Å². The van der Waals surface area contributed by atoms with E-state index in [-0.39, 0.29) is 23.5 Å². The molecule has 110 valence electrons. The number of benzene rings is 1. The minimum atomic E-state index is -3.33. The lowest BCUT2D eigenvalue weighted by Crippen LogP contribution is -2.43. The molecule has 0 bridgehead atoms. The first kappa shape index (κ1) is 15.0. The van der Waals surface area contributed by atoms with E-state index in [2.05, 4.69) is 4.72 Å². The van der Waals surface area contributed by atoms with Crippen LogP contribution in [-0.2, 0) is 16.4 Å². The Hall–Kier alpha value is -1.40. The van der Waals surface area contributed by atoms with Crippen molar-refractivity contribution in [1.29, 1.82) is 5.41 Å². The molecule has 4 N–H and O–H groups in total. The van der Waals surface area contributed by atoms with Crippen molar-refractivity contribution in [2.45, 2.75) is 31.7 Å². The fourth-order valence-electron chi connectivity index (χ4n) is 2.66. The van der Waals surface area contributed by atoms with E-state index < -0.39 is 10.0 Å². The molecule has 1 aromatic rings. The van der Waals surface area contributed by atoms with Crippen molar-refractivity contribution in [1.82, 2.24) is 4.72 Å². The van der Waals surface area contributed by atoms with Crippen molar-refractivity contribution in [3.05, 3.63) is 35.9 Å². The van der Waals surface area contributed by atoms with Crippen LogP contribution < -0.4 is 10.5 Å². The fourth-order valence-corrected chi connectivity index (χ4v) is 4.03. The van der Waals surface area contributed by atoms with E-state index in [1.807, 2.05) is 30.3 Å². The second kappa shape index (κ2) is 6.37. The molecule has 1 aromatic carbocycles. The third kappa shape index (κ3) is 4.05. The average molecular weight is 295 g/mol. The van der Waals surface area contributed by atoms with Crippen molar-refractivity contribution >= 4 is 15.9 Å². The zero-order valence-corrected chi connectivity index (χ0v) is 12.2. The van der Waals surface area contributed by atoms with E-state index in [0.717, 1.165) is 24.8 Å². The van der Waals surface area contributed by atoms with E-state index >= 15 is 0 Å². The van der Waals surface area contributed by atoms with Crippen LogP contribution in [0.2, 0.25) is 0 Å². The van der Waals surface area contributed by atoms with Crippen molar-refractivity contribution in [2.75, 3.05) is 5.75 Å². The molecular weight excluding hydrogens is 274 g/mol. The molecule has 1 saturated carbocycles. The third-order valence-corrected chi connectivity index (χ3v) is 5.15. The molecule has 20 heavy (non-hydrogen) atoms. The molecule has 1 aliphatic rings. The van der Waals surface area contributed by atoms with Gasteiger partial charge in [0.25, 0.3) is 0 Å². The summed E-state index contributed by atoms with van der Waals surface area (Å²) in [6, 6.07) is 9.34. The second-order valence-electron chi connectivity index (χ2n) is 5.27. The number of rotatable bonds is 6. The van der Waals surface area contributed by atoms with Gasteiger partial charge in [0.05, 0.1) is 11.6 Å². The lowest BCUT2D eigenvalue weighted by atomic mass is 10.0. The number of amidine groups is 1. The summed E-state index contributed by atoms with van der Waals surface area (Å²) >= 11 is 0. The highest BCUT2D eigenvalue weighted by Gasteiger charge is 2.32. The van der Waals surface area contributed by atoms with Gasteiger partial charge in [-0.3, -0.25) is 5.41 Å². The first-order chi connectivity index (χ1) is 9.48. The summed E-state index contributed by atoms with van der Waals surface area (Å²) in [4.78, 5) is 0. The summed E-state index contributed by atoms with van der Waals surface area (Å²) in [5.74, 6) is -0.00207. The maximum Gasteiger partial charge on any atom is 0.212 e. The topological polar surface area (TPSA) is 96.0 Å². The minimum Gasteiger partial charge on any atom is -0.387 e. The molecule has 0 spiro atoms.